The normalized spacial score (nSPS) is 12.7. The summed E-state index contributed by atoms with van der Waals surface area (Å²) in [5.74, 6) is 1.24. The van der Waals surface area contributed by atoms with Crippen molar-refractivity contribution in [1.82, 2.24) is 15.5 Å². The van der Waals surface area contributed by atoms with Crippen LogP contribution in [0.5, 0.6) is 11.6 Å². The smallest absolute Gasteiger partial charge is 0.233 e. The molecule has 142 valence electrons. The SMILES string of the molecule is Cc1ccccc1OCC(O)CNC(C)(C)CCOc1ccc(Cl)nn1. The largest absolute Gasteiger partial charge is 0.491 e. The van der Waals surface area contributed by atoms with E-state index >= 15 is 0 Å². The van der Waals surface area contributed by atoms with Crippen LogP contribution in [-0.4, -0.2) is 46.7 Å². The van der Waals surface area contributed by atoms with Crippen molar-refractivity contribution in [3.63, 3.8) is 0 Å². The monoisotopic (exact) mass is 379 g/mol. The number of β-amino-alcohol motifs (C(OH)–C–C–N with tert-alkyl or cyclic N) is 1. The molecule has 1 atom stereocenters. The molecule has 2 rings (SSSR count). The first-order valence-electron chi connectivity index (χ1n) is 8.59. The highest BCUT2D eigenvalue weighted by Crippen LogP contribution is 2.16. The van der Waals surface area contributed by atoms with E-state index < -0.39 is 6.10 Å². The highest BCUT2D eigenvalue weighted by Gasteiger charge is 2.19. The van der Waals surface area contributed by atoms with Gasteiger partial charge in [-0.25, -0.2) is 0 Å². The van der Waals surface area contributed by atoms with E-state index in [9.17, 15) is 5.11 Å². The Bertz CT molecular complexity index is 680. The minimum Gasteiger partial charge on any atom is -0.491 e. The summed E-state index contributed by atoms with van der Waals surface area (Å²) in [6, 6.07) is 11.1. The van der Waals surface area contributed by atoms with Gasteiger partial charge in [-0.2, -0.15) is 0 Å². The maximum absolute atomic E-state index is 10.1. The number of nitrogens with one attached hydrogen (secondary N) is 1. The zero-order chi connectivity index (χ0) is 19.0. The Kier molecular flexibility index (Phi) is 7.63. The average molecular weight is 380 g/mol. The molecule has 0 amide bonds. The van der Waals surface area contributed by atoms with E-state index in [1.165, 1.54) is 0 Å². The fraction of sp³-hybridized carbons (Fsp3) is 0.474. The molecule has 0 spiro atoms. The van der Waals surface area contributed by atoms with E-state index in [0.29, 0.717) is 24.2 Å². The highest BCUT2D eigenvalue weighted by atomic mass is 35.5. The third-order valence-corrected chi connectivity index (χ3v) is 4.13. The Morgan fingerprint density at radius 2 is 1.92 bits per heavy atom. The number of benzene rings is 1. The van der Waals surface area contributed by atoms with Gasteiger partial charge in [-0.1, -0.05) is 29.8 Å². The average Bonchev–Trinajstić information content (AvgIpc) is 2.61. The van der Waals surface area contributed by atoms with Crippen LogP contribution in [0.4, 0.5) is 0 Å². The number of ether oxygens (including phenoxy) is 2. The van der Waals surface area contributed by atoms with Crippen molar-refractivity contribution >= 4 is 11.6 Å². The maximum atomic E-state index is 10.1. The van der Waals surface area contributed by atoms with Crippen LogP contribution in [0.1, 0.15) is 25.8 Å². The zero-order valence-electron chi connectivity index (χ0n) is 15.4. The number of aryl methyl sites for hydroxylation is 1. The van der Waals surface area contributed by atoms with E-state index in [1.54, 1.807) is 12.1 Å². The zero-order valence-corrected chi connectivity index (χ0v) is 16.2. The van der Waals surface area contributed by atoms with Crippen molar-refractivity contribution in [3.8, 4) is 11.6 Å². The molecule has 0 fully saturated rings. The van der Waals surface area contributed by atoms with Gasteiger partial charge in [0.1, 0.15) is 18.5 Å². The van der Waals surface area contributed by atoms with Crippen LogP contribution in [0.25, 0.3) is 0 Å². The van der Waals surface area contributed by atoms with Crippen LogP contribution in [0.3, 0.4) is 0 Å². The van der Waals surface area contributed by atoms with Crippen molar-refractivity contribution in [2.24, 2.45) is 0 Å². The lowest BCUT2D eigenvalue weighted by atomic mass is 10.0. The first-order chi connectivity index (χ1) is 12.4. The number of nitrogens with zero attached hydrogens (tertiary/aromatic N) is 2. The minimum absolute atomic E-state index is 0.205. The van der Waals surface area contributed by atoms with Gasteiger partial charge >= 0.3 is 0 Å². The van der Waals surface area contributed by atoms with Crippen LogP contribution < -0.4 is 14.8 Å². The topological polar surface area (TPSA) is 76.5 Å². The number of hydrogen-bond acceptors (Lipinski definition) is 6. The molecule has 1 unspecified atom stereocenters. The van der Waals surface area contributed by atoms with Crippen LogP contribution in [0, 0.1) is 6.92 Å². The number of aromatic nitrogens is 2. The van der Waals surface area contributed by atoms with Crippen molar-refractivity contribution in [2.75, 3.05) is 19.8 Å². The summed E-state index contributed by atoms with van der Waals surface area (Å²) >= 11 is 5.69. The van der Waals surface area contributed by atoms with Gasteiger partial charge in [0.05, 0.1) is 6.61 Å². The number of para-hydroxylation sites is 1. The van der Waals surface area contributed by atoms with Crippen LogP contribution in [0.2, 0.25) is 5.15 Å². The summed E-state index contributed by atoms with van der Waals surface area (Å²) in [4.78, 5) is 0. The second-order valence-corrected chi connectivity index (χ2v) is 7.18. The predicted octanol–water partition coefficient (Wildman–Crippen LogP) is 3.02. The fourth-order valence-electron chi connectivity index (χ4n) is 2.24. The summed E-state index contributed by atoms with van der Waals surface area (Å²) in [6.07, 6.45) is 0.139. The molecule has 1 heterocycles. The molecular weight excluding hydrogens is 354 g/mol. The molecule has 2 aromatic rings. The van der Waals surface area contributed by atoms with Crippen molar-refractivity contribution in [2.45, 2.75) is 38.8 Å². The molecule has 0 saturated carbocycles. The Morgan fingerprint density at radius 1 is 1.15 bits per heavy atom. The lowest BCUT2D eigenvalue weighted by Gasteiger charge is -2.27. The van der Waals surface area contributed by atoms with Gasteiger partial charge in [0.25, 0.3) is 0 Å². The summed E-state index contributed by atoms with van der Waals surface area (Å²) in [6.45, 7) is 7.24. The summed E-state index contributed by atoms with van der Waals surface area (Å²) in [7, 11) is 0. The lowest BCUT2D eigenvalue weighted by Crippen LogP contribution is -2.45. The molecule has 0 bridgehead atoms. The Morgan fingerprint density at radius 3 is 2.62 bits per heavy atom. The lowest BCUT2D eigenvalue weighted by molar-refractivity contribution is 0.0961. The summed E-state index contributed by atoms with van der Waals surface area (Å²) < 4.78 is 11.2. The Hall–Kier alpha value is -1.89. The van der Waals surface area contributed by atoms with E-state index in [4.69, 9.17) is 21.1 Å². The third kappa shape index (κ3) is 7.15. The van der Waals surface area contributed by atoms with Gasteiger partial charge < -0.3 is 19.9 Å². The first-order valence-corrected chi connectivity index (χ1v) is 8.97. The quantitative estimate of drug-likeness (QED) is 0.660. The van der Waals surface area contributed by atoms with Gasteiger partial charge in [0.15, 0.2) is 5.15 Å². The first kappa shape index (κ1) is 20.4. The molecule has 0 saturated heterocycles. The molecule has 1 aromatic carbocycles. The molecule has 26 heavy (non-hydrogen) atoms. The van der Waals surface area contributed by atoms with Gasteiger partial charge in [-0.3, -0.25) is 0 Å². The molecule has 1 aromatic heterocycles. The van der Waals surface area contributed by atoms with Crippen molar-refractivity contribution in [1.29, 1.82) is 0 Å². The molecule has 0 aliphatic heterocycles. The molecule has 6 nitrogen and oxygen atoms in total. The van der Waals surface area contributed by atoms with Crippen LogP contribution in [0.15, 0.2) is 36.4 Å². The van der Waals surface area contributed by atoms with Crippen molar-refractivity contribution in [3.05, 3.63) is 47.1 Å². The van der Waals surface area contributed by atoms with E-state index in [1.807, 2.05) is 31.2 Å². The summed E-state index contributed by atoms with van der Waals surface area (Å²) in [5, 5.41) is 21.4. The Balaban J connectivity index is 1.67. The predicted molar refractivity (Wildman–Crippen MR) is 102 cm³/mol. The highest BCUT2D eigenvalue weighted by molar-refractivity contribution is 6.29. The number of aliphatic hydroxyl groups is 1. The molecule has 7 heteroatoms. The standard InChI is InChI=1S/C19H26ClN3O3/c1-14-6-4-5-7-16(14)26-13-15(24)12-21-19(2,3)10-11-25-18-9-8-17(20)22-23-18/h4-9,15,21,24H,10-13H2,1-3H3. The molecular formula is C19H26ClN3O3. The van der Waals surface area contributed by atoms with Gasteiger partial charge in [-0.15, -0.1) is 10.2 Å². The number of aliphatic hydroxyl groups excluding tert-OH is 1. The molecule has 0 aliphatic carbocycles. The third-order valence-electron chi connectivity index (χ3n) is 3.93. The van der Waals surface area contributed by atoms with Gasteiger partial charge in [0.2, 0.25) is 5.88 Å². The van der Waals surface area contributed by atoms with E-state index in [-0.39, 0.29) is 12.1 Å². The number of halogens is 1. The van der Waals surface area contributed by atoms with E-state index in [2.05, 4.69) is 29.4 Å². The van der Waals surface area contributed by atoms with Crippen molar-refractivity contribution < 1.29 is 14.6 Å². The van der Waals surface area contributed by atoms with E-state index in [0.717, 1.165) is 17.7 Å². The fourth-order valence-corrected chi connectivity index (χ4v) is 2.34. The second kappa shape index (κ2) is 9.71. The molecule has 0 aliphatic rings. The number of rotatable bonds is 10. The van der Waals surface area contributed by atoms with Gasteiger partial charge in [-0.05, 0) is 44.9 Å². The van der Waals surface area contributed by atoms with Crippen LogP contribution in [-0.2, 0) is 0 Å². The molecule has 0 radical (unpaired) electrons. The summed E-state index contributed by atoms with van der Waals surface area (Å²) in [5.41, 5.74) is 0.846. The minimum atomic E-state index is -0.600. The van der Waals surface area contributed by atoms with Gasteiger partial charge in [0, 0.05) is 18.2 Å². The Labute approximate surface area is 159 Å². The van der Waals surface area contributed by atoms with Crippen LogP contribution >= 0.6 is 11.6 Å². The second-order valence-electron chi connectivity index (χ2n) is 6.79. The maximum Gasteiger partial charge on any atom is 0.233 e. The number of hydrogen-bond donors (Lipinski definition) is 2. The molecule has 2 N–H and O–H groups in total.